The van der Waals surface area contributed by atoms with Gasteiger partial charge in [0.15, 0.2) is 6.29 Å². The summed E-state index contributed by atoms with van der Waals surface area (Å²) >= 11 is 0. The van der Waals surface area contributed by atoms with Crippen molar-refractivity contribution in [2.24, 2.45) is 17.8 Å². The molecule has 204 valence electrons. The lowest BCUT2D eigenvalue weighted by atomic mass is 9.79. The summed E-state index contributed by atoms with van der Waals surface area (Å²) in [7, 11) is 0. The summed E-state index contributed by atoms with van der Waals surface area (Å²) in [5, 5.41) is 0. The zero-order valence-electron chi connectivity index (χ0n) is 22.9. The van der Waals surface area contributed by atoms with E-state index in [0.717, 1.165) is 31.2 Å². The first-order valence-corrected chi connectivity index (χ1v) is 14.0. The van der Waals surface area contributed by atoms with Crippen LogP contribution in [0.2, 0.25) is 0 Å². The summed E-state index contributed by atoms with van der Waals surface area (Å²) in [5.41, 5.74) is 1.03. The van der Waals surface area contributed by atoms with Gasteiger partial charge in [-0.05, 0) is 30.2 Å². The molecule has 0 aromatic heterocycles. The van der Waals surface area contributed by atoms with Crippen LogP contribution in [-0.4, -0.2) is 37.5 Å². The van der Waals surface area contributed by atoms with Gasteiger partial charge in [-0.15, -0.1) is 0 Å². The number of hydrogen-bond acceptors (Lipinski definition) is 6. The minimum absolute atomic E-state index is 0.0991. The highest BCUT2D eigenvalue weighted by atomic mass is 16.7. The van der Waals surface area contributed by atoms with Gasteiger partial charge in [0, 0.05) is 25.9 Å². The van der Waals surface area contributed by atoms with Gasteiger partial charge in [-0.25, -0.2) is 0 Å². The van der Waals surface area contributed by atoms with Crippen LogP contribution in [0.15, 0.2) is 30.3 Å². The van der Waals surface area contributed by atoms with Crippen LogP contribution in [0.4, 0.5) is 0 Å². The lowest BCUT2D eigenvalue weighted by molar-refractivity contribution is -0.255. The SMILES string of the molecule is CC(=O)OCC1O[C@@H](OCCCCCCCCCCCC(=O)OCc2ccccc2)C(C)[C@@H](C)[C@H]1C. The highest BCUT2D eigenvalue weighted by Gasteiger charge is 2.40. The normalized spacial score (nSPS) is 23.8. The summed E-state index contributed by atoms with van der Waals surface area (Å²) in [6.45, 7) is 9.37. The molecule has 1 aliphatic heterocycles. The summed E-state index contributed by atoms with van der Waals surface area (Å²) in [5.74, 6) is 0.725. The summed E-state index contributed by atoms with van der Waals surface area (Å²) in [6, 6.07) is 9.81. The molecule has 0 N–H and O–H groups in total. The molecule has 6 heteroatoms. The van der Waals surface area contributed by atoms with E-state index >= 15 is 0 Å². The number of esters is 2. The fraction of sp³-hybridized carbons (Fsp3) is 0.733. The largest absolute Gasteiger partial charge is 0.463 e. The Hall–Kier alpha value is -1.92. The van der Waals surface area contributed by atoms with Gasteiger partial charge >= 0.3 is 11.9 Å². The van der Waals surface area contributed by atoms with Gasteiger partial charge in [-0.3, -0.25) is 9.59 Å². The Morgan fingerprint density at radius 2 is 1.39 bits per heavy atom. The number of ether oxygens (including phenoxy) is 4. The molecule has 36 heavy (non-hydrogen) atoms. The van der Waals surface area contributed by atoms with Crippen molar-refractivity contribution in [3.63, 3.8) is 0 Å². The first-order chi connectivity index (χ1) is 17.4. The van der Waals surface area contributed by atoms with E-state index in [1.54, 1.807) is 0 Å². The van der Waals surface area contributed by atoms with Crippen LogP contribution in [-0.2, 0) is 35.1 Å². The van der Waals surface area contributed by atoms with Gasteiger partial charge in [0.25, 0.3) is 0 Å². The van der Waals surface area contributed by atoms with Gasteiger partial charge in [0.1, 0.15) is 13.2 Å². The van der Waals surface area contributed by atoms with Crippen LogP contribution in [0.1, 0.15) is 97.5 Å². The second kappa shape index (κ2) is 17.5. The average molecular weight is 505 g/mol. The molecule has 2 rings (SSSR count). The predicted octanol–water partition coefficient (Wildman–Crippen LogP) is 6.84. The second-order valence-electron chi connectivity index (χ2n) is 10.4. The number of carbonyl (C=O) groups is 2. The molecule has 0 spiro atoms. The quantitative estimate of drug-likeness (QED) is 0.171. The van der Waals surface area contributed by atoms with E-state index in [9.17, 15) is 9.59 Å². The Labute approximate surface area is 218 Å². The van der Waals surface area contributed by atoms with Crippen molar-refractivity contribution >= 4 is 11.9 Å². The third-order valence-corrected chi connectivity index (χ3v) is 7.48. The molecule has 0 amide bonds. The van der Waals surface area contributed by atoms with Crippen molar-refractivity contribution in [1.29, 1.82) is 0 Å². The maximum atomic E-state index is 11.8. The van der Waals surface area contributed by atoms with Crippen LogP contribution < -0.4 is 0 Å². The molecule has 0 bridgehead atoms. The van der Waals surface area contributed by atoms with Crippen molar-refractivity contribution in [2.45, 2.75) is 111 Å². The lowest BCUT2D eigenvalue weighted by Gasteiger charge is -2.43. The van der Waals surface area contributed by atoms with E-state index in [2.05, 4.69) is 20.8 Å². The molecule has 1 aromatic carbocycles. The number of benzene rings is 1. The Morgan fingerprint density at radius 1 is 0.778 bits per heavy atom. The molecule has 1 heterocycles. The highest BCUT2D eigenvalue weighted by Crippen LogP contribution is 2.35. The zero-order chi connectivity index (χ0) is 26.2. The third kappa shape index (κ3) is 11.9. The Bertz CT molecular complexity index is 736. The van der Waals surface area contributed by atoms with Gasteiger partial charge in [0.05, 0.1) is 6.10 Å². The molecule has 2 unspecified atom stereocenters. The first kappa shape index (κ1) is 30.3. The fourth-order valence-corrected chi connectivity index (χ4v) is 4.69. The van der Waals surface area contributed by atoms with Crippen LogP contribution >= 0.6 is 0 Å². The fourth-order valence-electron chi connectivity index (χ4n) is 4.69. The average Bonchev–Trinajstić information content (AvgIpc) is 2.87. The van der Waals surface area contributed by atoms with Crippen molar-refractivity contribution in [2.75, 3.05) is 13.2 Å². The highest BCUT2D eigenvalue weighted by molar-refractivity contribution is 5.69. The lowest BCUT2D eigenvalue weighted by Crippen LogP contribution is -2.47. The van der Waals surface area contributed by atoms with Gasteiger partial charge in [0.2, 0.25) is 0 Å². The molecule has 1 aromatic rings. The van der Waals surface area contributed by atoms with E-state index in [1.165, 1.54) is 39.0 Å². The van der Waals surface area contributed by atoms with Crippen LogP contribution in [0.3, 0.4) is 0 Å². The molecule has 0 saturated carbocycles. The topological polar surface area (TPSA) is 71.1 Å². The molecular formula is C30H48O6. The maximum absolute atomic E-state index is 11.8. The summed E-state index contributed by atoms with van der Waals surface area (Å²) < 4.78 is 22.7. The maximum Gasteiger partial charge on any atom is 0.306 e. The van der Waals surface area contributed by atoms with E-state index in [-0.39, 0.29) is 24.3 Å². The summed E-state index contributed by atoms with van der Waals surface area (Å²) in [6.07, 6.45) is 10.5. The number of carbonyl (C=O) groups excluding carboxylic acids is 2. The van der Waals surface area contributed by atoms with Crippen molar-refractivity contribution < 1.29 is 28.5 Å². The van der Waals surface area contributed by atoms with Gasteiger partial charge in [-0.1, -0.05) is 96.0 Å². The molecule has 6 nitrogen and oxygen atoms in total. The standard InChI is InChI=1S/C30H48O6/c1-23-24(2)28(22-34-26(4)31)36-30(25(23)3)33-20-16-11-9-7-5-6-8-10-15-19-29(32)35-21-27-17-13-12-14-18-27/h12-14,17-18,23-25,28,30H,5-11,15-16,19-22H2,1-4H3/t23-,24+,25?,28?,30+/m0/s1. The van der Waals surface area contributed by atoms with Crippen LogP contribution in [0.5, 0.6) is 0 Å². The molecule has 5 atom stereocenters. The number of rotatable bonds is 17. The summed E-state index contributed by atoms with van der Waals surface area (Å²) in [4.78, 5) is 23.0. The van der Waals surface area contributed by atoms with E-state index in [4.69, 9.17) is 18.9 Å². The van der Waals surface area contributed by atoms with E-state index in [0.29, 0.717) is 44.0 Å². The van der Waals surface area contributed by atoms with E-state index < -0.39 is 0 Å². The van der Waals surface area contributed by atoms with Crippen LogP contribution in [0, 0.1) is 17.8 Å². The molecule has 0 radical (unpaired) electrons. The first-order valence-electron chi connectivity index (χ1n) is 14.0. The number of hydrogen-bond donors (Lipinski definition) is 0. The molecule has 0 aliphatic carbocycles. The smallest absolute Gasteiger partial charge is 0.306 e. The van der Waals surface area contributed by atoms with Crippen molar-refractivity contribution in [1.82, 2.24) is 0 Å². The van der Waals surface area contributed by atoms with Crippen LogP contribution in [0.25, 0.3) is 0 Å². The Kier molecular flexibility index (Phi) is 14.7. The van der Waals surface area contributed by atoms with E-state index in [1.807, 2.05) is 30.3 Å². The van der Waals surface area contributed by atoms with Gasteiger partial charge in [-0.2, -0.15) is 0 Å². The molecule has 1 fully saturated rings. The Morgan fingerprint density at radius 3 is 2.03 bits per heavy atom. The monoisotopic (exact) mass is 504 g/mol. The molecule has 1 aliphatic rings. The number of unbranched alkanes of at least 4 members (excludes halogenated alkanes) is 8. The van der Waals surface area contributed by atoms with Gasteiger partial charge < -0.3 is 18.9 Å². The minimum Gasteiger partial charge on any atom is -0.463 e. The minimum atomic E-state index is -0.270. The predicted molar refractivity (Wildman–Crippen MR) is 141 cm³/mol. The van der Waals surface area contributed by atoms with Crippen molar-refractivity contribution in [3.8, 4) is 0 Å². The third-order valence-electron chi connectivity index (χ3n) is 7.48. The zero-order valence-corrected chi connectivity index (χ0v) is 22.9. The molecular weight excluding hydrogens is 456 g/mol. The Balaban J connectivity index is 1.42. The molecule has 1 saturated heterocycles. The van der Waals surface area contributed by atoms with Crippen molar-refractivity contribution in [3.05, 3.63) is 35.9 Å². The second-order valence-corrected chi connectivity index (χ2v) is 10.4.